The second-order valence-corrected chi connectivity index (χ2v) is 4.08. The molecule has 0 saturated heterocycles. The lowest BCUT2D eigenvalue weighted by atomic mass is 10.2. The van der Waals surface area contributed by atoms with E-state index in [1.807, 2.05) is 6.07 Å². The van der Waals surface area contributed by atoms with Crippen LogP contribution in [0.15, 0.2) is 30.3 Å². The Kier molecular flexibility index (Phi) is 5.95. The predicted octanol–water partition coefficient (Wildman–Crippen LogP) is 1.42. The average molecular weight is 282 g/mol. The maximum Gasteiger partial charge on any atom is 0.434 e. The molecule has 0 aliphatic heterocycles. The zero-order valence-corrected chi connectivity index (χ0v) is 11.6. The first kappa shape index (κ1) is 15.9. The number of likely N-dealkylation sites (N-methyl/N-ethyl adjacent to an activating group) is 1. The molecule has 1 unspecified atom stereocenters. The van der Waals surface area contributed by atoms with Crippen LogP contribution in [0.5, 0.6) is 0 Å². The molecule has 0 radical (unpaired) electrons. The number of carbonyl (C=O) groups is 2. The van der Waals surface area contributed by atoms with Crippen LogP contribution in [0.1, 0.15) is 12.5 Å². The average Bonchev–Trinajstić information content (AvgIpc) is 2.50. The van der Waals surface area contributed by atoms with Gasteiger partial charge in [0.05, 0.1) is 7.11 Å². The third-order valence-electron chi connectivity index (χ3n) is 2.70. The summed E-state index contributed by atoms with van der Waals surface area (Å²) < 4.78 is 4.90. The molecule has 0 saturated carbocycles. The van der Waals surface area contributed by atoms with Crippen molar-refractivity contribution in [1.29, 1.82) is 0 Å². The number of rotatable bonds is 5. The van der Waals surface area contributed by atoms with Gasteiger partial charge in [-0.15, -0.1) is 0 Å². The summed E-state index contributed by atoms with van der Waals surface area (Å²) in [5.41, 5.74) is 0.780. The van der Waals surface area contributed by atoms with E-state index in [-0.39, 0.29) is 11.7 Å². The van der Waals surface area contributed by atoms with Crippen molar-refractivity contribution in [3.8, 4) is 0 Å². The van der Waals surface area contributed by atoms with E-state index < -0.39 is 18.0 Å². The number of hydrogen-bond donors (Lipinski definition) is 1. The lowest BCUT2D eigenvalue weighted by molar-refractivity contribution is -0.186. The summed E-state index contributed by atoms with van der Waals surface area (Å²) in [5.74, 6) is -0.577. The standard InChI is InChI=1S/C13H18N2O5/c1-10(12(16)14(2)19-3)15(18)13(17)20-9-11-7-5-4-6-8-11/h4-8,10,18H,9H2,1-3H3. The van der Waals surface area contributed by atoms with E-state index in [0.29, 0.717) is 0 Å². The van der Waals surface area contributed by atoms with E-state index in [0.717, 1.165) is 10.6 Å². The summed E-state index contributed by atoms with van der Waals surface area (Å²) in [5, 5.41) is 10.8. The highest BCUT2D eigenvalue weighted by molar-refractivity contribution is 5.83. The molecule has 1 aromatic carbocycles. The van der Waals surface area contributed by atoms with Crippen molar-refractivity contribution in [2.45, 2.75) is 19.6 Å². The minimum Gasteiger partial charge on any atom is -0.443 e. The molecule has 7 nitrogen and oxygen atoms in total. The first-order chi connectivity index (χ1) is 9.47. The summed E-state index contributed by atoms with van der Waals surface area (Å²) in [6.45, 7) is 1.37. The van der Waals surface area contributed by atoms with Gasteiger partial charge in [-0.3, -0.25) is 14.8 Å². The van der Waals surface area contributed by atoms with Crippen LogP contribution in [0.25, 0.3) is 0 Å². The molecule has 0 spiro atoms. The third kappa shape index (κ3) is 4.22. The monoisotopic (exact) mass is 282 g/mol. The molecular weight excluding hydrogens is 264 g/mol. The fourth-order valence-corrected chi connectivity index (χ4v) is 1.40. The first-order valence-electron chi connectivity index (χ1n) is 5.97. The summed E-state index contributed by atoms with van der Waals surface area (Å²) in [6.07, 6.45) is -1.00. The van der Waals surface area contributed by atoms with Gasteiger partial charge in [-0.1, -0.05) is 30.3 Å². The van der Waals surface area contributed by atoms with Gasteiger partial charge in [0.25, 0.3) is 5.91 Å². The fraction of sp³-hybridized carbons (Fsp3) is 0.385. The van der Waals surface area contributed by atoms with Crippen LogP contribution in [0, 0.1) is 0 Å². The number of amides is 2. The Morgan fingerprint density at radius 1 is 1.30 bits per heavy atom. The molecule has 1 atom stereocenters. The molecule has 0 aliphatic rings. The largest absolute Gasteiger partial charge is 0.443 e. The van der Waals surface area contributed by atoms with Crippen LogP contribution in [0.3, 0.4) is 0 Å². The number of benzene rings is 1. The van der Waals surface area contributed by atoms with Crippen LogP contribution >= 0.6 is 0 Å². The van der Waals surface area contributed by atoms with Gasteiger partial charge in [-0.25, -0.2) is 9.86 Å². The predicted molar refractivity (Wildman–Crippen MR) is 69.5 cm³/mol. The zero-order chi connectivity index (χ0) is 15.1. The number of nitrogens with zero attached hydrogens (tertiary/aromatic N) is 2. The van der Waals surface area contributed by atoms with Crippen molar-refractivity contribution in [3.05, 3.63) is 35.9 Å². The molecular formula is C13H18N2O5. The van der Waals surface area contributed by atoms with Gasteiger partial charge < -0.3 is 4.74 Å². The first-order valence-corrected chi connectivity index (χ1v) is 5.97. The van der Waals surface area contributed by atoms with Crippen molar-refractivity contribution in [2.75, 3.05) is 14.2 Å². The van der Waals surface area contributed by atoms with Gasteiger partial charge >= 0.3 is 6.09 Å². The second kappa shape index (κ2) is 7.46. The van der Waals surface area contributed by atoms with Gasteiger partial charge in [0, 0.05) is 7.05 Å². The molecule has 0 aliphatic carbocycles. The van der Waals surface area contributed by atoms with Crippen molar-refractivity contribution >= 4 is 12.0 Å². The summed E-state index contributed by atoms with van der Waals surface area (Å²) in [7, 11) is 2.68. The van der Waals surface area contributed by atoms with E-state index in [9.17, 15) is 14.8 Å². The molecule has 1 aromatic rings. The molecule has 0 heterocycles. The summed E-state index contributed by atoms with van der Waals surface area (Å²) in [4.78, 5) is 28.0. The Bertz CT molecular complexity index is 451. The lowest BCUT2D eigenvalue weighted by Gasteiger charge is -2.24. The molecule has 1 N–H and O–H groups in total. The van der Waals surface area contributed by atoms with E-state index in [4.69, 9.17) is 4.74 Å². The molecule has 110 valence electrons. The van der Waals surface area contributed by atoms with Crippen molar-refractivity contribution in [2.24, 2.45) is 0 Å². The van der Waals surface area contributed by atoms with Gasteiger partial charge in [-0.2, -0.15) is 5.06 Å². The quantitative estimate of drug-likeness (QED) is 0.652. The zero-order valence-electron chi connectivity index (χ0n) is 11.6. The highest BCUT2D eigenvalue weighted by Crippen LogP contribution is 2.06. The van der Waals surface area contributed by atoms with E-state index in [1.54, 1.807) is 24.3 Å². The van der Waals surface area contributed by atoms with Gasteiger partial charge in [0.1, 0.15) is 12.6 Å². The fourth-order valence-electron chi connectivity index (χ4n) is 1.40. The second-order valence-electron chi connectivity index (χ2n) is 4.08. The minimum absolute atomic E-state index is 0.0117. The number of ether oxygens (including phenoxy) is 1. The molecule has 2 amide bonds. The van der Waals surface area contributed by atoms with E-state index in [1.165, 1.54) is 21.1 Å². The van der Waals surface area contributed by atoms with Crippen LogP contribution in [0.4, 0.5) is 4.79 Å². The number of hydroxylamine groups is 4. The van der Waals surface area contributed by atoms with Crippen molar-refractivity contribution in [3.63, 3.8) is 0 Å². The molecule has 0 fully saturated rings. The normalized spacial score (nSPS) is 11.6. The van der Waals surface area contributed by atoms with Crippen molar-refractivity contribution in [1.82, 2.24) is 10.1 Å². The van der Waals surface area contributed by atoms with Gasteiger partial charge in [0.2, 0.25) is 0 Å². The number of carbonyl (C=O) groups excluding carboxylic acids is 2. The Morgan fingerprint density at radius 3 is 2.45 bits per heavy atom. The SMILES string of the molecule is CON(C)C(=O)C(C)N(O)C(=O)OCc1ccccc1. The summed E-state index contributed by atoms with van der Waals surface area (Å²) in [6, 6.07) is 7.90. The molecule has 20 heavy (non-hydrogen) atoms. The van der Waals surface area contributed by atoms with Crippen LogP contribution in [0.2, 0.25) is 0 Å². The molecule has 7 heteroatoms. The highest BCUT2D eigenvalue weighted by Gasteiger charge is 2.28. The van der Waals surface area contributed by atoms with Gasteiger partial charge in [-0.05, 0) is 12.5 Å². The third-order valence-corrected chi connectivity index (χ3v) is 2.70. The Hall–Kier alpha value is -2.12. The van der Waals surface area contributed by atoms with Crippen LogP contribution in [-0.4, -0.2) is 47.5 Å². The number of hydrogen-bond acceptors (Lipinski definition) is 5. The highest BCUT2D eigenvalue weighted by atomic mass is 16.7. The Balaban J connectivity index is 2.52. The van der Waals surface area contributed by atoms with E-state index >= 15 is 0 Å². The molecule has 1 rings (SSSR count). The topological polar surface area (TPSA) is 79.3 Å². The lowest BCUT2D eigenvalue weighted by Crippen LogP contribution is -2.46. The Labute approximate surface area is 117 Å². The Morgan fingerprint density at radius 2 is 1.90 bits per heavy atom. The summed E-state index contributed by atoms with van der Waals surface area (Å²) >= 11 is 0. The van der Waals surface area contributed by atoms with Crippen LogP contribution < -0.4 is 0 Å². The minimum atomic E-state index is -1.11. The van der Waals surface area contributed by atoms with Crippen LogP contribution in [-0.2, 0) is 21.0 Å². The van der Waals surface area contributed by atoms with Crippen molar-refractivity contribution < 1.29 is 24.4 Å². The van der Waals surface area contributed by atoms with E-state index in [2.05, 4.69) is 4.84 Å². The smallest absolute Gasteiger partial charge is 0.434 e. The maximum atomic E-state index is 11.7. The van der Waals surface area contributed by atoms with Gasteiger partial charge in [0.15, 0.2) is 0 Å². The maximum absolute atomic E-state index is 11.7. The molecule has 0 aromatic heterocycles. The molecule has 0 bridgehead atoms.